The summed E-state index contributed by atoms with van der Waals surface area (Å²) in [6.07, 6.45) is -1.68. The summed E-state index contributed by atoms with van der Waals surface area (Å²) in [6, 6.07) is 4.50. The SMILES string of the molecule is CC(=N)N=Cc1[nH]c(-c2ccc([C@@H](C)C(F)(F)F)cn2)cc1Cl. The van der Waals surface area contributed by atoms with Gasteiger partial charge in [-0.2, -0.15) is 13.2 Å². The number of hydrogen-bond acceptors (Lipinski definition) is 2. The first-order valence-electron chi connectivity index (χ1n) is 6.69. The van der Waals surface area contributed by atoms with Crippen molar-refractivity contribution < 1.29 is 13.2 Å². The van der Waals surface area contributed by atoms with Crippen LogP contribution in [0.2, 0.25) is 5.02 Å². The Morgan fingerprint density at radius 1 is 1.43 bits per heavy atom. The van der Waals surface area contributed by atoms with Gasteiger partial charge in [0.05, 0.1) is 34.2 Å². The van der Waals surface area contributed by atoms with E-state index in [1.54, 1.807) is 6.07 Å². The van der Waals surface area contributed by atoms with Crippen molar-refractivity contribution in [1.82, 2.24) is 9.97 Å². The third-order valence-corrected chi connectivity index (χ3v) is 3.55. The molecular formula is C15H14ClF3N4. The largest absolute Gasteiger partial charge is 0.395 e. The van der Waals surface area contributed by atoms with Crippen LogP contribution in [0.3, 0.4) is 0 Å². The lowest BCUT2D eigenvalue weighted by Crippen LogP contribution is -2.17. The van der Waals surface area contributed by atoms with Crippen LogP contribution in [0.15, 0.2) is 29.4 Å². The van der Waals surface area contributed by atoms with Crippen molar-refractivity contribution >= 4 is 23.7 Å². The van der Waals surface area contributed by atoms with Crippen molar-refractivity contribution in [2.24, 2.45) is 4.99 Å². The zero-order valence-electron chi connectivity index (χ0n) is 12.4. The number of aromatic amines is 1. The van der Waals surface area contributed by atoms with E-state index in [9.17, 15) is 13.2 Å². The van der Waals surface area contributed by atoms with Crippen LogP contribution in [0.25, 0.3) is 11.4 Å². The Kier molecular flexibility index (Phi) is 4.89. The number of rotatable bonds is 3. The summed E-state index contributed by atoms with van der Waals surface area (Å²) in [5.74, 6) is -1.45. The highest BCUT2D eigenvalue weighted by atomic mass is 35.5. The predicted molar refractivity (Wildman–Crippen MR) is 84.5 cm³/mol. The van der Waals surface area contributed by atoms with Crippen LogP contribution in [0.5, 0.6) is 0 Å². The lowest BCUT2D eigenvalue weighted by molar-refractivity contribution is -0.146. The molecule has 0 amide bonds. The number of pyridine rings is 1. The zero-order valence-corrected chi connectivity index (χ0v) is 13.1. The van der Waals surface area contributed by atoms with E-state index in [2.05, 4.69) is 15.0 Å². The topological polar surface area (TPSA) is 64.9 Å². The first-order valence-corrected chi connectivity index (χ1v) is 7.07. The van der Waals surface area contributed by atoms with Crippen LogP contribution in [0, 0.1) is 5.41 Å². The molecule has 0 unspecified atom stereocenters. The maximum atomic E-state index is 12.7. The second-order valence-corrected chi connectivity index (χ2v) is 5.44. The standard InChI is InChI=1S/C15H14ClF3N4/c1-8(15(17,18)19)10-3-4-12(22-6-10)13-5-11(16)14(23-13)7-21-9(2)20/h3-8,20,23H,1-2H3/t8-/m1/s1. The van der Waals surface area contributed by atoms with Gasteiger partial charge in [0.15, 0.2) is 0 Å². The maximum absolute atomic E-state index is 12.7. The Morgan fingerprint density at radius 2 is 2.13 bits per heavy atom. The predicted octanol–water partition coefficient (Wildman–Crippen LogP) is 4.81. The fourth-order valence-electron chi connectivity index (χ4n) is 1.85. The quantitative estimate of drug-likeness (QED) is 0.610. The van der Waals surface area contributed by atoms with Crippen molar-refractivity contribution in [3.05, 3.63) is 40.7 Å². The van der Waals surface area contributed by atoms with Crippen LogP contribution in [0.1, 0.15) is 31.0 Å². The molecule has 8 heteroatoms. The summed E-state index contributed by atoms with van der Waals surface area (Å²) >= 11 is 6.05. The summed E-state index contributed by atoms with van der Waals surface area (Å²) in [5.41, 5.74) is 1.63. The van der Waals surface area contributed by atoms with Gasteiger partial charge in [0, 0.05) is 6.20 Å². The third kappa shape index (κ3) is 4.19. The van der Waals surface area contributed by atoms with Gasteiger partial charge in [-0.25, -0.2) is 4.99 Å². The summed E-state index contributed by atoms with van der Waals surface area (Å²) in [6.45, 7) is 2.62. The van der Waals surface area contributed by atoms with E-state index < -0.39 is 12.1 Å². The number of halogens is 4. The van der Waals surface area contributed by atoms with Gasteiger partial charge in [0.2, 0.25) is 0 Å². The van der Waals surface area contributed by atoms with E-state index in [1.165, 1.54) is 31.5 Å². The highest BCUT2D eigenvalue weighted by Gasteiger charge is 2.37. The number of H-pyrrole nitrogens is 1. The molecular weight excluding hydrogens is 329 g/mol. The molecule has 1 atom stereocenters. The maximum Gasteiger partial charge on any atom is 0.395 e. The molecule has 4 nitrogen and oxygen atoms in total. The molecule has 0 aliphatic rings. The monoisotopic (exact) mass is 342 g/mol. The van der Waals surface area contributed by atoms with E-state index in [4.69, 9.17) is 17.0 Å². The fraction of sp³-hybridized carbons (Fsp3) is 0.267. The molecule has 0 bridgehead atoms. The Labute approximate surface area is 135 Å². The Balaban J connectivity index is 2.27. The summed E-state index contributed by atoms with van der Waals surface area (Å²) < 4.78 is 38.0. The molecule has 0 aliphatic carbocycles. The number of amidine groups is 1. The normalized spacial score (nSPS) is 13.5. The molecule has 2 aromatic heterocycles. The van der Waals surface area contributed by atoms with Gasteiger partial charge in [-0.15, -0.1) is 0 Å². The fourth-order valence-corrected chi connectivity index (χ4v) is 2.05. The van der Waals surface area contributed by atoms with Crippen LogP contribution in [-0.4, -0.2) is 28.2 Å². The van der Waals surface area contributed by atoms with Gasteiger partial charge < -0.3 is 4.98 Å². The minimum Gasteiger partial charge on any atom is -0.351 e. The molecule has 2 rings (SSSR count). The van der Waals surface area contributed by atoms with Crippen LogP contribution in [0.4, 0.5) is 13.2 Å². The molecule has 122 valence electrons. The summed E-state index contributed by atoms with van der Waals surface area (Å²) in [5, 5.41) is 7.63. The van der Waals surface area contributed by atoms with Crippen LogP contribution < -0.4 is 0 Å². The van der Waals surface area contributed by atoms with Crippen molar-refractivity contribution in [1.29, 1.82) is 5.41 Å². The molecule has 0 spiro atoms. The third-order valence-electron chi connectivity index (χ3n) is 3.24. The molecule has 0 fully saturated rings. The molecule has 0 radical (unpaired) electrons. The van der Waals surface area contributed by atoms with Gasteiger partial charge in [-0.1, -0.05) is 17.7 Å². The van der Waals surface area contributed by atoms with Crippen LogP contribution in [-0.2, 0) is 0 Å². The highest BCUT2D eigenvalue weighted by molar-refractivity contribution is 6.33. The lowest BCUT2D eigenvalue weighted by Gasteiger charge is -2.15. The molecule has 0 saturated carbocycles. The molecule has 2 heterocycles. The van der Waals surface area contributed by atoms with Gasteiger partial charge in [0.1, 0.15) is 5.84 Å². The number of nitrogens with one attached hydrogen (secondary N) is 2. The van der Waals surface area contributed by atoms with Crippen molar-refractivity contribution in [2.45, 2.75) is 25.9 Å². The minimum absolute atomic E-state index is 0.0973. The van der Waals surface area contributed by atoms with Crippen molar-refractivity contribution in [3.8, 4) is 11.4 Å². The first kappa shape index (κ1) is 17.2. The highest BCUT2D eigenvalue weighted by Crippen LogP contribution is 2.34. The second-order valence-electron chi connectivity index (χ2n) is 5.03. The van der Waals surface area contributed by atoms with Crippen molar-refractivity contribution in [2.75, 3.05) is 0 Å². The second kappa shape index (κ2) is 6.54. The average Bonchev–Trinajstić information content (AvgIpc) is 2.84. The number of nitrogens with zero attached hydrogens (tertiary/aromatic N) is 2. The number of alkyl halides is 3. The Bertz CT molecular complexity index is 732. The van der Waals surface area contributed by atoms with E-state index in [1.807, 2.05) is 0 Å². The molecule has 2 N–H and O–H groups in total. The Morgan fingerprint density at radius 3 is 2.65 bits per heavy atom. The van der Waals surface area contributed by atoms with Gasteiger partial charge in [-0.05, 0) is 31.5 Å². The molecule has 0 aromatic carbocycles. The lowest BCUT2D eigenvalue weighted by atomic mass is 10.0. The zero-order chi connectivity index (χ0) is 17.2. The Hall–Kier alpha value is -2.15. The van der Waals surface area contributed by atoms with E-state index >= 15 is 0 Å². The molecule has 2 aromatic rings. The molecule has 0 aliphatic heterocycles. The van der Waals surface area contributed by atoms with Gasteiger partial charge in [-0.3, -0.25) is 10.4 Å². The van der Waals surface area contributed by atoms with Gasteiger partial charge >= 0.3 is 6.18 Å². The minimum atomic E-state index is -4.30. The number of aromatic nitrogens is 2. The van der Waals surface area contributed by atoms with E-state index in [0.29, 0.717) is 22.1 Å². The molecule has 0 saturated heterocycles. The van der Waals surface area contributed by atoms with Crippen molar-refractivity contribution in [3.63, 3.8) is 0 Å². The van der Waals surface area contributed by atoms with Crippen LogP contribution >= 0.6 is 11.6 Å². The molecule has 23 heavy (non-hydrogen) atoms. The van der Waals surface area contributed by atoms with E-state index in [0.717, 1.165) is 6.92 Å². The van der Waals surface area contributed by atoms with E-state index in [-0.39, 0.29) is 11.4 Å². The first-order chi connectivity index (χ1) is 10.7. The number of aliphatic imine (C=N–C) groups is 1. The average molecular weight is 343 g/mol. The smallest absolute Gasteiger partial charge is 0.351 e. The number of hydrogen-bond donors (Lipinski definition) is 2. The summed E-state index contributed by atoms with van der Waals surface area (Å²) in [4.78, 5) is 10.9. The van der Waals surface area contributed by atoms with Gasteiger partial charge in [0.25, 0.3) is 0 Å². The summed E-state index contributed by atoms with van der Waals surface area (Å²) in [7, 11) is 0.